The molecule has 2 aromatic carbocycles. The first-order valence-corrected chi connectivity index (χ1v) is 9.47. The summed E-state index contributed by atoms with van der Waals surface area (Å²) < 4.78 is 1.25. The van der Waals surface area contributed by atoms with Crippen molar-refractivity contribution in [2.75, 3.05) is 10.2 Å². The predicted octanol–water partition coefficient (Wildman–Crippen LogP) is 1.37. The number of nitrogens with one attached hydrogen (secondary N) is 1. The van der Waals surface area contributed by atoms with Crippen LogP contribution in [0.1, 0.15) is 13.3 Å². The van der Waals surface area contributed by atoms with Crippen LogP contribution in [-0.2, 0) is 9.59 Å². The summed E-state index contributed by atoms with van der Waals surface area (Å²) in [5.41, 5.74) is 2.19. The Morgan fingerprint density at radius 2 is 2.03 bits per heavy atom. The highest BCUT2D eigenvalue weighted by Gasteiger charge is 2.29. The lowest BCUT2D eigenvalue weighted by atomic mass is 10.0. The lowest BCUT2D eigenvalue weighted by Crippen LogP contribution is -2.30. The molecule has 0 aliphatic carbocycles. The monoisotopic (exact) mass is 413 g/mol. The molecule has 0 atom stereocenters. The van der Waals surface area contributed by atoms with Gasteiger partial charge in [0, 0.05) is 11.1 Å². The SMILES string of the molecule is C=C(/C=C\C(=C/C)N1C(=O)CC(=O)Nc2c1ccc1ccccc21)n1nnnc1[B]O. The molecule has 1 aromatic heterocycles. The van der Waals surface area contributed by atoms with E-state index in [2.05, 4.69) is 27.4 Å². The number of aromatic nitrogens is 4. The van der Waals surface area contributed by atoms with Gasteiger partial charge in [-0.15, -0.1) is 5.10 Å². The van der Waals surface area contributed by atoms with E-state index in [-0.39, 0.29) is 24.0 Å². The molecule has 3 aromatic rings. The van der Waals surface area contributed by atoms with Gasteiger partial charge >= 0.3 is 7.48 Å². The molecule has 1 aliphatic heterocycles. The van der Waals surface area contributed by atoms with E-state index in [1.165, 1.54) is 9.58 Å². The minimum atomic E-state index is -0.370. The van der Waals surface area contributed by atoms with Crippen molar-refractivity contribution in [1.29, 1.82) is 0 Å². The molecule has 31 heavy (non-hydrogen) atoms. The van der Waals surface area contributed by atoms with Crippen LogP contribution < -0.4 is 15.9 Å². The average molecular weight is 413 g/mol. The number of carbonyl (C=O) groups is 2. The maximum atomic E-state index is 13.0. The number of amides is 2. The summed E-state index contributed by atoms with van der Waals surface area (Å²) in [7, 11) is 0.770. The number of hydrogen-bond donors (Lipinski definition) is 2. The van der Waals surface area contributed by atoms with Crippen molar-refractivity contribution in [3.8, 4) is 0 Å². The van der Waals surface area contributed by atoms with Crippen molar-refractivity contribution in [3.05, 3.63) is 66.9 Å². The molecule has 153 valence electrons. The predicted molar refractivity (Wildman–Crippen MR) is 118 cm³/mol. The Bertz CT molecular complexity index is 1260. The Hall–Kier alpha value is -4.05. The topological polar surface area (TPSA) is 113 Å². The lowest BCUT2D eigenvalue weighted by molar-refractivity contribution is -0.124. The van der Waals surface area contributed by atoms with Crippen molar-refractivity contribution < 1.29 is 14.6 Å². The van der Waals surface area contributed by atoms with Gasteiger partial charge in [-0.3, -0.25) is 14.5 Å². The molecule has 0 saturated carbocycles. The molecule has 10 heteroatoms. The van der Waals surface area contributed by atoms with Crippen molar-refractivity contribution in [1.82, 2.24) is 20.2 Å². The fourth-order valence-corrected chi connectivity index (χ4v) is 3.43. The van der Waals surface area contributed by atoms with Gasteiger partial charge in [-0.2, -0.15) is 0 Å². The highest BCUT2D eigenvalue weighted by molar-refractivity contribution is 6.43. The van der Waals surface area contributed by atoms with Crippen molar-refractivity contribution in [2.24, 2.45) is 0 Å². The van der Waals surface area contributed by atoms with Crippen LogP contribution >= 0.6 is 0 Å². The Morgan fingerprint density at radius 1 is 1.23 bits per heavy atom. The van der Waals surface area contributed by atoms with E-state index >= 15 is 0 Å². The summed E-state index contributed by atoms with van der Waals surface area (Å²) in [5, 5.41) is 24.8. The number of rotatable bonds is 5. The van der Waals surface area contributed by atoms with Gasteiger partial charge in [-0.25, -0.2) is 4.68 Å². The first kappa shape index (κ1) is 20.2. The fraction of sp³-hybridized carbons (Fsp3) is 0.0952. The highest BCUT2D eigenvalue weighted by Crippen LogP contribution is 2.38. The van der Waals surface area contributed by atoms with Crippen LogP contribution in [0.3, 0.4) is 0 Å². The van der Waals surface area contributed by atoms with Crippen molar-refractivity contribution in [2.45, 2.75) is 13.3 Å². The van der Waals surface area contributed by atoms with Gasteiger partial charge in [0.25, 0.3) is 0 Å². The number of allylic oxidation sites excluding steroid dienone is 4. The van der Waals surface area contributed by atoms with Crippen LogP contribution in [-0.4, -0.2) is 44.5 Å². The molecule has 2 N–H and O–H groups in total. The first-order valence-electron chi connectivity index (χ1n) is 9.47. The molecule has 0 spiro atoms. The van der Waals surface area contributed by atoms with Crippen LogP contribution in [0.4, 0.5) is 11.4 Å². The second-order valence-corrected chi connectivity index (χ2v) is 6.75. The number of hydrogen-bond acceptors (Lipinski definition) is 6. The summed E-state index contributed by atoms with van der Waals surface area (Å²) in [5.74, 6) is -0.729. The molecule has 1 aliphatic rings. The van der Waals surface area contributed by atoms with Crippen LogP contribution in [0.5, 0.6) is 0 Å². The zero-order valence-electron chi connectivity index (χ0n) is 16.7. The lowest BCUT2D eigenvalue weighted by Gasteiger charge is -2.24. The van der Waals surface area contributed by atoms with Gasteiger partial charge in [0.2, 0.25) is 11.8 Å². The van der Waals surface area contributed by atoms with Gasteiger partial charge < -0.3 is 10.3 Å². The maximum Gasteiger partial charge on any atom is 0.378 e. The second kappa shape index (κ2) is 8.37. The third kappa shape index (κ3) is 3.76. The second-order valence-electron chi connectivity index (χ2n) is 6.75. The Labute approximate surface area is 178 Å². The number of nitrogens with zero attached hydrogens (tertiary/aromatic N) is 5. The molecule has 2 amide bonds. The normalized spacial score (nSPS) is 14.5. The van der Waals surface area contributed by atoms with E-state index in [9.17, 15) is 14.6 Å². The van der Waals surface area contributed by atoms with Crippen LogP contribution in [0.25, 0.3) is 16.5 Å². The molecule has 0 saturated heterocycles. The standard InChI is InChI=1S/C21H18BN6O3/c1-3-15(10-8-13(2)28-21(22-31)24-25-26-28)27-17-11-9-14-6-4-5-7-16(14)20(17)23-18(29)12-19(27)30/h3-11,31H,2,12H2,1H3,(H,23,29)/b10-8-,15-3+. The quantitative estimate of drug-likeness (QED) is 0.371. The highest BCUT2D eigenvalue weighted by atomic mass is 16.2. The number of anilines is 2. The summed E-state index contributed by atoms with van der Waals surface area (Å²) in [6.07, 6.45) is 4.77. The first-order chi connectivity index (χ1) is 15.0. The van der Waals surface area contributed by atoms with E-state index in [1.807, 2.05) is 36.4 Å². The van der Waals surface area contributed by atoms with E-state index < -0.39 is 0 Å². The van der Waals surface area contributed by atoms with Crippen LogP contribution in [0, 0.1) is 0 Å². The summed E-state index contributed by atoms with van der Waals surface area (Å²) in [6.45, 7) is 5.69. The molecule has 2 heterocycles. The zero-order chi connectivity index (χ0) is 22.0. The molecular weight excluding hydrogens is 395 g/mol. The van der Waals surface area contributed by atoms with E-state index in [0.29, 0.717) is 22.8 Å². The maximum absolute atomic E-state index is 13.0. The van der Waals surface area contributed by atoms with Crippen molar-refractivity contribution in [3.63, 3.8) is 0 Å². The van der Waals surface area contributed by atoms with E-state index in [4.69, 9.17) is 0 Å². The molecule has 0 unspecified atom stereocenters. The molecular formula is C21H18BN6O3. The molecule has 4 rings (SSSR count). The van der Waals surface area contributed by atoms with Gasteiger partial charge in [0.1, 0.15) is 12.1 Å². The van der Waals surface area contributed by atoms with Crippen LogP contribution in [0.15, 0.2) is 66.9 Å². The van der Waals surface area contributed by atoms with E-state index in [1.54, 1.807) is 25.2 Å². The van der Waals surface area contributed by atoms with E-state index in [0.717, 1.165) is 18.3 Å². The minimum Gasteiger partial charge on any atom is -0.447 e. The van der Waals surface area contributed by atoms with Crippen LogP contribution in [0.2, 0.25) is 0 Å². The Morgan fingerprint density at radius 3 is 2.81 bits per heavy atom. The summed E-state index contributed by atoms with van der Waals surface area (Å²) in [6, 6.07) is 11.4. The largest absolute Gasteiger partial charge is 0.447 e. The number of carbonyl (C=O) groups excluding carboxylic acids is 2. The summed E-state index contributed by atoms with van der Waals surface area (Å²) >= 11 is 0. The van der Waals surface area contributed by atoms with Gasteiger partial charge in [-0.1, -0.05) is 43.0 Å². The number of tetrazole rings is 1. The van der Waals surface area contributed by atoms with Gasteiger partial charge in [-0.05, 0) is 41.0 Å². The molecule has 0 fully saturated rings. The third-order valence-electron chi connectivity index (χ3n) is 4.86. The number of fused-ring (bicyclic) bond motifs is 3. The zero-order valence-corrected chi connectivity index (χ0v) is 16.7. The fourth-order valence-electron chi connectivity index (χ4n) is 3.43. The van der Waals surface area contributed by atoms with Gasteiger partial charge in [0.05, 0.1) is 17.1 Å². The molecule has 1 radical (unpaired) electrons. The summed E-state index contributed by atoms with van der Waals surface area (Å²) in [4.78, 5) is 26.9. The average Bonchev–Trinajstić information content (AvgIpc) is 3.21. The molecule has 0 bridgehead atoms. The Kier molecular flexibility index (Phi) is 5.46. The third-order valence-corrected chi connectivity index (χ3v) is 4.86. The molecule has 9 nitrogen and oxygen atoms in total. The number of benzene rings is 2. The van der Waals surface area contributed by atoms with Gasteiger partial charge in [0.15, 0.2) is 0 Å². The smallest absolute Gasteiger partial charge is 0.378 e. The Balaban J connectivity index is 1.76. The minimum absolute atomic E-state index is 0.120. The van der Waals surface area contributed by atoms with Crippen molar-refractivity contribution >= 4 is 52.9 Å².